The Morgan fingerprint density at radius 1 is 1.61 bits per heavy atom. The lowest BCUT2D eigenvalue weighted by atomic mass is 10.1. The van der Waals surface area contributed by atoms with Crippen molar-refractivity contribution in [2.24, 2.45) is 11.7 Å². The van der Waals surface area contributed by atoms with E-state index >= 15 is 0 Å². The van der Waals surface area contributed by atoms with E-state index in [9.17, 15) is 14.5 Å². The van der Waals surface area contributed by atoms with Gasteiger partial charge in [0.1, 0.15) is 11.5 Å². The number of hydrogen-bond acceptors (Lipinski definition) is 4. The Kier molecular flexibility index (Phi) is 3.68. The van der Waals surface area contributed by atoms with Gasteiger partial charge in [0, 0.05) is 25.2 Å². The molecule has 0 spiro atoms. The average Bonchev–Trinajstić information content (AvgIpc) is 2.80. The van der Waals surface area contributed by atoms with Crippen molar-refractivity contribution in [2.45, 2.75) is 6.42 Å². The Labute approximate surface area is 108 Å². The summed E-state index contributed by atoms with van der Waals surface area (Å²) in [5, 5.41) is 10.7. The molecule has 1 saturated heterocycles. The van der Waals surface area contributed by atoms with E-state index in [2.05, 4.69) is 0 Å². The van der Waals surface area contributed by atoms with Crippen molar-refractivity contribution in [3.8, 4) is 0 Å². The van der Waals surface area contributed by atoms with Gasteiger partial charge in [-0.1, -0.05) is 11.6 Å². The average molecular weight is 274 g/mol. The molecule has 2 rings (SSSR count). The van der Waals surface area contributed by atoms with Crippen LogP contribution in [0.4, 0.5) is 15.8 Å². The molecule has 1 atom stereocenters. The van der Waals surface area contributed by atoms with E-state index in [1.165, 1.54) is 0 Å². The van der Waals surface area contributed by atoms with Gasteiger partial charge in [0.15, 0.2) is 0 Å². The number of anilines is 1. The molecule has 0 radical (unpaired) electrons. The molecule has 18 heavy (non-hydrogen) atoms. The van der Waals surface area contributed by atoms with Gasteiger partial charge in [0.2, 0.25) is 0 Å². The van der Waals surface area contributed by atoms with Crippen LogP contribution in [0, 0.1) is 21.8 Å². The molecule has 7 heteroatoms. The molecule has 0 saturated carbocycles. The van der Waals surface area contributed by atoms with Crippen molar-refractivity contribution in [1.82, 2.24) is 0 Å². The Balaban J connectivity index is 2.37. The van der Waals surface area contributed by atoms with E-state index in [0.29, 0.717) is 25.6 Å². The second-order valence-electron chi connectivity index (χ2n) is 4.35. The van der Waals surface area contributed by atoms with Gasteiger partial charge in [0.25, 0.3) is 5.69 Å². The molecule has 1 aliphatic rings. The molecular formula is C11H13ClFN3O2. The molecule has 0 aliphatic carbocycles. The normalized spacial score (nSPS) is 19.3. The van der Waals surface area contributed by atoms with Gasteiger partial charge in [-0.15, -0.1) is 0 Å². The van der Waals surface area contributed by atoms with Crippen molar-refractivity contribution in [3.63, 3.8) is 0 Å². The summed E-state index contributed by atoms with van der Waals surface area (Å²) < 4.78 is 13.4. The van der Waals surface area contributed by atoms with E-state index < -0.39 is 10.7 Å². The Hall–Kier alpha value is -1.40. The number of nitrogens with zero attached hydrogens (tertiary/aromatic N) is 2. The summed E-state index contributed by atoms with van der Waals surface area (Å²) in [5.74, 6) is -0.350. The molecule has 1 heterocycles. The zero-order valence-corrected chi connectivity index (χ0v) is 10.4. The zero-order chi connectivity index (χ0) is 13.3. The number of nitro benzene ring substituents is 1. The van der Waals surface area contributed by atoms with Crippen molar-refractivity contribution < 1.29 is 9.31 Å². The minimum absolute atomic E-state index is 0.168. The maximum atomic E-state index is 13.4. The minimum Gasteiger partial charge on any atom is -0.366 e. The van der Waals surface area contributed by atoms with E-state index in [0.717, 1.165) is 18.6 Å². The summed E-state index contributed by atoms with van der Waals surface area (Å²) >= 11 is 5.57. The summed E-state index contributed by atoms with van der Waals surface area (Å²) in [6.45, 7) is 1.78. The number of hydrogen-bond donors (Lipinski definition) is 1. The molecule has 1 aromatic carbocycles. The fourth-order valence-corrected chi connectivity index (χ4v) is 2.33. The van der Waals surface area contributed by atoms with Crippen LogP contribution in [0.15, 0.2) is 12.1 Å². The SMILES string of the molecule is NCC1CCN(c2cc(F)c(Cl)cc2[N+](=O)[O-])C1. The first-order valence-electron chi connectivity index (χ1n) is 5.61. The van der Waals surface area contributed by atoms with Crippen LogP contribution in [0.25, 0.3) is 0 Å². The van der Waals surface area contributed by atoms with Crippen molar-refractivity contribution >= 4 is 23.0 Å². The zero-order valence-electron chi connectivity index (χ0n) is 9.60. The molecule has 0 aromatic heterocycles. The predicted molar refractivity (Wildman–Crippen MR) is 67.4 cm³/mol. The van der Waals surface area contributed by atoms with E-state index in [1.807, 2.05) is 0 Å². The molecule has 1 fully saturated rings. The smallest absolute Gasteiger partial charge is 0.294 e. The van der Waals surface area contributed by atoms with Crippen LogP contribution in [-0.2, 0) is 0 Å². The minimum atomic E-state index is -0.645. The third-order valence-electron chi connectivity index (χ3n) is 3.17. The first kappa shape index (κ1) is 13.0. The lowest BCUT2D eigenvalue weighted by Gasteiger charge is -2.18. The lowest BCUT2D eigenvalue weighted by Crippen LogP contribution is -2.23. The monoisotopic (exact) mass is 273 g/mol. The largest absolute Gasteiger partial charge is 0.366 e. The van der Waals surface area contributed by atoms with Crippen molar-refractivity contribution in [2.75, 3.05) is 24.5 Å². The quantitative estimate of drug-likeness (QED) is 0.677. The van der Waals surface area contributed by atoms with Crippen LogP contribution < -0.4 is 10.6 Å². The number of nitro groups is 1. The first-order chi connectivity index (χ1) is 8.52. The highest BCUT2D eigenvalue weighted by Gasteiger charge is 2.28. The number of halogens is 2. The second kappa shape index (κ2) is 5.07. The standard InChI is InChI=1S/C11H13ClFN3O2/c12-8-3-11(16(17)18)10(4-9(8)13)15-2-1-7(5-14)6-15/h3-4,7H,1-2,5-6,14H2. The summed E-state index contributed by atoms with van der Waals surface area (Å²) in [7, 11) is 0. The lowest BCUT2D eigenvalue weighted by molar-refractivity contribution is -0.384. The number of benzene rings is 1. The molecular weight excluding hydrogens is 261 g/mol. The van der Waals surface area contributed by atoms with Crippen LogP contribution in [-0.4, -0.2) is 24.6 Å². The molecule has 1 aliphatic heterocycles. The Morgan fingerprint density at radius 3 is 2.89 bits per heavy atom. The summed E-state index contributed by atoms with van der Waals surface area (Å²) in [4.78, 5) is 12.2. The molecule has 98 valence electrons. The third-order valence-corrected chi connectivity index (χ3v) is 3.46. The maximum absolute atomic E-state index is 13.4. The third kappa shape index (κ3) is 2.39. The maximum Gasteiger partial charge on any atom is 0.294 e. The van der Waals surface area contributed by atoms with E-state index in [-0.39, 0.29) is 16.4 Å². The van der Waals surface area contributed by atoms with Gasteiger partial charge in [-0.3, -0.25) is 10.1 Å². The van der Waals surface area contributed by atoms with Gasteiger partial charge in [-0.2, -0.15) is 0 Å². The summed E-state index contributed by atoms with van der Waals surface area (Å²) in [6, 6.07) is 2.18. The number of nitrogens with two attached hydrogens (primary N) is 1. The van der Waals surface area contributed by atoms with Crippen LogP contribution >= 0.6 is 11.6 Å². The predicted octanol–water partition coefficient (Wildman–Crippen LogP) is 2.17. The highest BCUT2D eigenvalue weighted by molar-refractivity contribution is 6.31. The van der Waals surface area contributed by atoms with Crippen LogP contribution in [0.3, 0.4) is 0 Å². The van der Waals surface area contributed by atoms with Gasteiger partial charge in [0.05, 0.1) is 9.95 Å². The molecule has 1 aromatic rings. The van der Waals surface area contributed by atoms with Gasteiger partial charge in [-0.05, 0) is 18.9 Å². The molecule has 1 unspecified atom stereocenters. The van der Waals surface area contributed by atoms with Gasteiger partial charge >= 0.3 is 0 Å². The van der Waals surface area contributed by atoms with Crippen molar-refractivity contribution in [3.05, 3.63) is 33.1 Å². The summed E-state index contributed by atoms with van der Waals surface area (Å²) in [5.41, 5.74) is 5.68. The molecule has 2 N–H and O–H groups in total. The van der Waals surface area contributed by atoms with Crippen LogP contribution in [0.5, 0.6) is 0 Å². The fraction of sp³-hybridized carbons (Fsp3) is 0.455. The van der Waals surface area contributed by atoms with Crippen LogP contribution in [0.1, 0.15) is 6.42 Å². The molecule has 0 bridgehead atoms. The molecule has 5 nitrogen and oxygen atoms in total. The van der Waals surface area contributed by atoms with Gasteiger partial charge in [-0.25, -0.2) is 4.39 Å². The first-order valence-corrected chi connectivity index (χ1v) is 5.99. The van der Waals surface area contributed by atoms with E-state index in [1.54, 1.807) is 4.90 Å². The Morgan fingerprint density at radius 2 is 2.33 bits per heavy atom. The van der Waals surface area contributed by atoms with Gasteiger partial charge < -0.3 is 10.6 Å². The topological polar surface area (TPSA) is 72.4 Å². The second-order valence-corrected chi connectivity index (χ2v) is 4.76. The fourth-order valence-electron chi connectivity index (χ4n) is 2.17. The van der Waals surface area contributed by atoms with Crippen LogP contribution in [0.2, 0.25) is 5.02 Å². The highest BCUT2D eigenvalue weighted by Crippen LogP contribution is 2.35. The Bertz CT molecular complexity index is 484. The summed E-state index contributed by atoms with van der Waals surface area (Å²) in [6.07, 6.45) is 0.859. The van der Waals surface area contributed by atoms with Crippen molar-refractivity contribution in [1.29, 1.82) is 0 Å². The highest BCUT2D eigenvalue weighted by atomic mass is 35.5. The number of rotatable bonds is 3. The van der Waals surface area contributed by atoms with E-state index in [4.69, 9.17) is 17.3 Å². The molecule has 0 amide bonds.